The first kappa shape index (κ1) is 17.5. The molecule has 1 aliphatic heterocycles. The highest BCUT2D eigenvalue weighted by atomic mass is 31.2. The van der Waals surface area contributed by atoms with Crippen LogP contribution in [0.3, 0.4) is 0 Å². The van der Waals surface area contributed by atoms with Crippen molar-refractivity contribution >= 4 is 23.2 Å². The van der Waals surface area contributed by atoms with Crippen LogP contribution in [0.5, 0.6) is 0 Å². The van der Waals surface area contributed by atoms with Crippen molar-refractivity contribution in [2.75, 3.05) is 19.4 Å². The van der Waals surface area contributed by atoms with Crippen molar-refractivity contribution in [3.05, 3.63) is 91.0 Å². The molecule has 0 amide bonds. The number of benzene rings is 3. The van der Waals surface area contributed by atoms with E-state index in [-0.39, 0.29) is 0 Å². The Morgan fingerprint density at radius 1 is 0.615 bits per heavy atom. The van der Waals surface area contributed by atoms with E-state index in [0.717, 1.165) is 19.1 Å². The van der Waals surface area contributed by atoms with Gasteiger partial charge in [0.25, 0.3) is 0 Å². The molecule has 3 aromatic carbocycles. The normalized spacial score (nSPS) is 15.7. The van der Waals surface area contributed by atoms with Gasteiger partial charge in [-0.25, -0.2) is 0 Å². The maximum atomic E-state index is 5.64. The fourth-order valence-electron chi connectivity index (χ4n) is 4.13. The third-order valence-corrected chi connectivity index (χ3v) is 10.1. The number of hydrogen-bond acceptors (Lipinski definition) is 1. The average Bonchev–Trinajstić information content (AvgIpc) is 2.75. The van der Waals surface area contributed by atoms with Crippen LogP contribution >= 0.6 is 7.26 Å². The molecule has 0 radical (unpaired) electrons. The predicted octanol–water partition coefficient (Wildman–Crippen LogP) is 4.41. The molecule has 0 spiro atoms. The third-order valence-electron chi connectivity index (χ3n) is 5.46. The highest BCUT2D eigenvalue weighted by molar-refractivity contribution is 7.95. The summed E-state index contributed by atoms with van der Waals surface area (Å²) in [5.41, 5.74) is 0. The minimum Gasteiger partial charge on any atom is -0.381 e. The van der Waals surface area contributed by atoms with Gasteiger partial charge in [0.1, 0.15) is 23.2 Å². The van der Waals surface area contributed by atoms with Crippen LogP contribution in [-0.2, 0) is 4.74 Å². The lowest BCUT2D eigenvalue weighted by Gasteiger charge is -2.32. The summed E-state index contributed by atoms with van der Waals surface area (Å²) in [6.45, 7) is 1.81. The minimum atomic E-state index is -1.68. The smallest absolute Gasteiger partial charge is 0.112 e. The summed E-state index contributed by atoms with van der Waals surface area (Å²) in [4.78, 5) is 0. The Morgan fingerprint density at radius 3 is 1.38 bits per heavy atom. The molecule has 0 unspecified atom stereocenters. The van der Waals surface area contributed by atoms with Gasteiger partial charge in [0, 0.05) is 13.2 Å². The lowest BCUT2D eigenvalue weighted by molar-refractivity contribution is 0.0725. The molecule has 3 aromatic rings. The van der Waals surface area contributed by atoms with Crippen LogP contribution in [0.4, 0.5) is 0 Å². The third kappa shape index (κ3) is 3.47. The van der Waals surface area contributed by atoms with Gasteiger partial charge in [-0.3, -0.25) is 0 Å². The van der Waals surface area contributed by atoms with E-state index in [4.69, 9.17) is 4.74 Å². The van der Waals surface area contributed by atoms with E-state index in [1.165, 1.54) is 34.9 Å². The molecule has 1 nitrogen and oxygen atoms in total. The summed E-state index contributed by atoms with van der Waals surface area (Å²) >= 11 is 0. The fourth-order valence-corrected chi connectivity index (χ4v) is 8.84. The molecule has 0 atom stereocenters. The molecule has 1 aliphatic rings. The van der Waals surface area contributed by atoms with Crippen LogP contribution in [0.1, 0.15) is 12.8 Å². The van der Waals surface area contributed by atoms with Gasteiger partial charge in [-0.1, -0.05) is 54.6 Å². The van der Waals surface area contributed by atoms with Crippen molar-refractivity contribution < 1.29 is 4.74 Å². The standard InChI is InChI=1S/C24H26OP/c1-4-10-22(11-5-1)26(23-12-6-2-7-13-23,24-14-8-3-9-15-24)20-21-16-18-25-19-17-21/h1-15,21H,16-20H2/q+1. The summed E-state index contributed by atoms with van der Waals surface area (Å²) in [7, 11) is -1.68. The summed E-state index contributed by atoms with van der Waals surface area (Å²) < 4.78 is 5.64. The molecular weight excluding hydrogens is 335 g/mol. The van der Waals surface area contributed by atoms with Gasteiger partial charge >= 0.3 is 0 Å². The SMILES string of the molecule is c1ccc([P+](CC2CCOCC2)(c2ccccc2)c2ccccc2)cc1. The van der Waals surface area contributed by atoms with Crippen LogP contribution in [-0.4, -0.2) is 19.4 Å². The van der Waals surface area contributed by atoms with Crippen LogP contribution in [0.2, 0.25) is 0 Å². The van der Waals surface area contributed by atoms with Gasteiger partial charge in [-0.05, 0) is 55.2 Å². The molecule has 0 aromatic heterocycles. The summed E-state index contributed by atoms with van der Waals surface area (Å²) in [5.74, 6) is 0.720. The first-order chi connectivity index (χ1) is 12.9. The van der Waals surface area contributed by atoms with E-state index in [1.54, 1.807) is 0 Å². The van der Waals surface area contributed by atoms with Gasteiger partial charge < -0.3 is 4.74 Å². The van der Waals surface area contributed by atoms with E-state index < -0.39 is 7.26 Å². The number of rotatable bonds is 5. The van der Waals surface area contributed by atoms with E-state index in [1.807, 2.05) is 0 Å². The van der Waals surface area contributed by atoms with Gasteiger partial charge in [0.2, 0.25) is 0 Å². The van der Waals surface area contributed by atoms with Gasteiger partial charge in [-0.15, -0.1) is 0 Å². The van der Waals surface area contributed by atoms with Crippen molar-refractivity contribution in [3.63, 3.8) is 0 Å². The lowest BCUT2D eigenvalue weighted by atomic mass is 10.0. The van der Waals surface area contributed by atoms with Crippen LogP contribution in [0.25, 0.3) is 0 Å². The Kier molecular flexibility index (Phi) is 5.48. The topological polar surface area (TPSA) is 9.23 Å². The summed E-state index contributed by atoms with van der Waals surface area (Å²) in [5, 5.41) is 4.47. The number of ether oxygens (including phenoxy) is 1. The first-order valence-electron chi connectivity index (χ1n) is 9.52. The second-order valence-corrected chi connectivity index (χ2v) is 10.6. The predicted molar refractivity (Wildman–Crippen MR) is 114 cm³/mol. The lowest BCUT2D eigenvalue weighted by Crippen LogP contribution is -2.36. The molecule has 1 fully saturated rings. The van der Waals surface area contributed by atoms with Crippen molar-refractivity contribution in [1.29, 1.82) is 0 Å². The Balaban J connectivity index is 1.90. The second-order valence-electron chi connectivity index (χ2n) is 7.05. The van der Waals surface area contributed by atoms with Crippen molar-refractivity contribution in [2.45, 2.75) is 12.8 Å². The van der Waals surface area contributed by atoms with E-state index in [0.29, 0.717) is 0 Å². The van der Waals surface area contributed by atoms with E-state index in [9.17, 15) is 0 Å². The number of hydrogen-bond donors (Lipinski definition) is 0. The highest BCUT2D eigenvalue weighted by Gasteiger charge is 2.46. The maximum Gasteiger partial charge on any atom is 0.112 e. The molecular formula is C24H26OP+. The zero-order chi connectivity index (χ0) is 17.7. The highest BCUT2D eigenvalue weighted by Crippen LogP contribution is 2.57. The second kappa shape index (κ2) is 8.16. The molecule has 0 N–H and O–H groups in total. The molecule has 4 rings (SSSR count). The summed E-state index contributed by atoms with van der Waals surface area (Å²) in [6, 6.07) is 33.6. The molecule has 0 bridgehead atoms. The summed E-state index contributed by atoms with van der Waals surface area (Å²) in [6.07, 6.45) is 3.58. The van der Waals surface area contributed by atoms with Gasteiger partial charge in [0.15, 0.2) is 0 Å². The molecule has 132 valence electrons. The molecule has 26 heavy (non-hydrogen) atoms. The van der Waals surface area contributed by atoms with Gasteiger partial charge in [0.05, 0.1) is 6.16 Å². The van der Waals surface area contributed by atoms with Crippen LogP contribution in [0.15, 0.2) is 91.0 Å². The van der Waals surface area contributed by atoms with Crippen LogP contribution < -0.4 is 15.9 Å². The fraction of sp³-hybridized carbons (Fsp3) is 0.250. The Hall–Kier alpha value is -1.95. The zero-order valence-corrected chi connectivity index (χ0v) is 16.0. The first-order valence-corrected chi connectivity index (χ1v) is 11.5. The van der Waals surface area contributed by atoms with Gasteiger partial charge in [-0.2, -0.15) is 0 Å². The molecule has 0 saturated carbocycles. The largest absolute Gasteiger partial charge is 0.381 e. The van der Waals surface area contributed by atoms with E-state index in [2.05, 4.69) is 91.0 Å². The Bertz CT molecular complexity index is 699. The Labute approximate surface area is 157 Å². The Morgan fingerprint density at radius 2 is 1.00 bits per heavy atom. The quantitative estimate of drug-likeness (QED) is 0.612. The average molecular weight is 361 g/mol. The molecule has 1 saturated heterocycles. The van der Waals surface area contributed by atoms with Crippen molar-refractivity contribution in [1.82, 2.24) is 0 Å². The molecule has 2 heteroatoms. The molecule has 1 heterocycles. The minimum absolute atomic E-state index is 0.720. The zero-order valence-electron chi connectivity index (χ0n) is 15.1. The maximum absolute atomic E-state index is 5.64. The molecule has 0 aliphatic carbocycles. The van der Waals surface area contributed by atoms with Crippen molar-refractivity contribution in [2.24, 2.45) is 5.92 Å². The monoisotopic (exact) mass is 361 g/mol. The van der Waals surface area contributed by atoms with Crippen LogP contribution in [0, 0.1) is 5.92 Å². The van der Waals surface area contributed by atoms with E-state index >= 15 is 0 Å². The van der Waals surface area contributed by atoms with Crippen molar-refractivity contribution in [3.8, 4) is 0 Å².